The van der Waals surface area contributed by atoms with E-state index in [1.165, 1.54) is 19.6 Å². The molecule has 5 heterocycles. The van der Waals surface area contributed by atoms with Crippen molar-refractivity contribution in [1.82, 2.24) is 31.2 Å². The number of carboxylic acid groups (broad SMARTS) is 2. The molecule has 396 valence electrons. The summed E-state index contributed by atoms with van der Waals surface area (Å²) in [6.07, 6.45) is -32.8. The molecule has 0 bridgehead atoms. The van der Waals surface area contributed by atoms with Gasteiger partial charge in [-0.15, -0.1) is 0 Å². The molecule has 71 heavy (non-hydrogen) atoms. The first-order valence-electron chi connectivity index (χ1n) is 21.6. The first kappa shape index (κ1) is 59.9. The van der Waals surface area contributed by atoms with Gasteiger partial charge in [0.1, 0.15) is 85.3 Å². The third-order valence-corrected chi connectivity index (χ3v) is 11.7. The smallest absolute Gasteiger partial charge is 0.548 e. The maximum atomic E-state index is 13.5. The van der Waals surface area contributed by atoms with Crippen LogP contribution in [0.3, 0.4) is 0 Å². The number of hydrogen-bond acceptors (Lipinski definition) is 25. The Bertz CT molecular complexity index is 1930. The number of aliphatic carboxylic acids is 2. The number of imidazole rings is 1. The van der Waals surface area contributed by atoms with Gasteiger partial charge >= 0.3 is 35.5 Å². The van der Waals surface area contributed by atoms with Crippen LogP contribution in [0.2, 0.25) is 0 Å². The Morgan fingerprint density at radius 3 is 1.68 bits per heavy atom. The van der Waals surface area contributed by atoms with Gasteiger partial charge in [0.2, 0.25) is 17.7 Å². The van der Waals surface area contributed by atoms with Crippen LogP contribution < -0.4 is 55.9 Å². The topological polar surface area (TPSA) is 467 Å². The maximum Gasteiger partial charge on any atom is 1.00 e. The van der Waals surface area contributed by atoms with Gasteiger partial charge in [0.05, 0.1) is 31.6 Å². The first-order valence-corrected chi connectivity index (χ1v) is 21.6. The number of aromatic nitrogens is 2. The van der Waals surface area contributed by atoms with E-state index in [2.05, 4.69) is 31.2 Å². The summed E-state index contributed by atoms with van der Waals surface area (Å²) in [6.45, 7) is -0.183. The van der Waals surface area contributed by atoms with E-state index in [-0.39, 0.29) is 36.0 Å². The normalized spacial score (nSPS) is 37.6. The minimum Gasteiger partial charge on any atom is -0.548 e. The van der Waals surface area contributed by atoms with Gasteiger partial charge in [-0.2, -0.15) is 0 Å². The fourth-order valence-corrected chi connectivity index (χ4v) is 8.22. The molecule has 0 saturated carbocycles. The van der Waals surface area contributed by atoms with E-state index in [0.29, 0.717) is 5.69 Å². The van der Waals surface area contributed by atoms with Crippen LogP contribution in [-0.2, 0) is 77.8 Å². The van der Waals surface area contributed by atoms with Crippen molar-refractivity contribution in [2.24, 2.45) is 0 Å². The summed E-state index contributed by atoms with van der Waals surface area (Å²) in [5, 5.41) is 119. The van der Waals surface area contributed by atoms with Gasteiger partial charge < -0.3 is 125 Å². The summed E-state index contributed by atoms with van der Waals surface area (Å²) in [7, 11) is 2.22. The number of amides is 4. The molecular weight excluding hydrogens is 975 g/mol. The van der Waals surface area contributed by atoms with Crippen LogP contribution >= 0.6 is 0 Å². The van der Waals surface area contributed by atoms with Crippen molar-refractivity contribution >= 4 is 35.6 Å². The molecule has 4 saturated heterocycles. The zero-order chi connectivity index (χ0) is 51.7. The number of H-pyrrole nitrogens is 1. The number of nitrogens with one attached hydrogen (secondary N) is 5. The molecule has 21 atom stereocenters. The van der Waals surface area contributed by atoms with E-state index in [0.717, 1.165) is 21.0 Å². The Labute approximate surface area is 425 Å². The molecule has 0 spiro atoms. The van der Waals surface area contributed by atoms with Crippen LogP contribution in [0.5, 0.6) is 0 Å². The summed E-state index contributed by atoms with van der Waals surface area (Å²) >= 11 is 0. The summed E-state index contributed by atoms with van der Waals surface area (Å²) in [5.41, 5.74) is 0.380. The van der Waals surface area contributed by atoms with Gasteiger partial charge in [0.15, 0.2) is 37.4 Å². The van der Waals surface area contributed by atoms with Crippen LogP contribution in [0, 0.1) is 0 Å². The average molecular weight is 1030 g/mol. The first-order chi connectivity index (χ1) is 33.1. The molecule has 0 aliphatic carbocycles. The number of rotatable bonds is 21. The van der Waals surface area contributed by atoms with E-state index >= 15 is 0 Å². The molecule has 32 heteroatoms. The van der Waals surface area contributed by atoms with Crippen molar-refractivity contribution in [2.45, 2.75) is 155 Å². The zero-order valence-electron chi connectivity index (χ0n) is 38.8. The molecule has 14 N–H and O–H groups in total. The van der Waals surface area contributed by atoms with Crippen LogP contribution in [-0.4, -0.2) is 254 Å². The number of carbonyl (C=O) groups excluding carboxylic acids is 5. The zero-order valence-corrected chi connectivity index (χ0v) is 40.8. The van der Waals surface area contributed by atoms with E-state index in [1.54, 1.807) is 0 Å². The average Bonchev–Trinajstić information content (AvgIpc) is 3.83. The molecule has 1 aromatic rings. The third-order valence-electron chi connectivity index (χ3n) is 11.7. The fraction of sp³-hybridized carbons (Fsp3) is 0.769. The third kappa shape index (κ3) is 14.6. The van der Waals surface area contributed by atoms with E-state index in [9.17, 15) is 79.8 Å². The fourth-order valence-electron chi connectivity index (χ4n) is 8.22. The summed E-state index contributed by atoms with van der Waals surface area (Å²) < 4.78 is 50.5. The predicted molar refractivity (Wildman–Crippen MR) is 217 cm³/mol. The number of aliphatic hydroxyl groups excluding tert-OH is 8. The monoisotopic (exact) mass is 1030 g/mol. The number of hydrogen-bond donors (Lipinski definition) is 14. The van der Waals surface area contributed by atoms with Crippen molar-refractivity contribution in [3.05, 3.63) is 18.2 Å². The van der Waals surface area contributed by atoms with Crippen LogP contribution in [0.25, 0.3) is 0 Å². The second-order valence-corrected chi connectivity index (χ2v) is 16.5. The Balaban J connectivity index is 0.0000110. The van der Waals surface area contributed by atoms with Gasteiger partial charge in [0, 0.05) is 59.3 Å². The molecule has 4 aliphatic rings. The molecule has 0 radical (unpaired) electrons. The molecule has 8 unspecified atom stereocenters. The summed E-state index contributed by atoms with van der Waals surface area (Å²) in [5.74, 6) is -6.88. The predicted octanol–water partition coefficient (Wildman–Crippen LogP) is -13.3. The Morgan fingerprint density at radius 2 is 1.21 bits per heavy atom. The number of aromatic amines is 1. The van der Waals surface area contributed by atoms with Crippen molar-refractivity contribution in [1.29, 1.82) is 0 Å². The maximum absolute atomic E-state index is 13.5. The number of ether oxygens (including phenoxy) is 9. The van der Waals surface area contributed by atoms with Crippen LogP contribution in [0.4, 0.5) is 0 Å². The molecular formula is C39H59N6NaO25. The largest absolute Gasteiger partial charge is 1.00 e. The minimum absolute atomic E-state index is 0. The number of carbonyl (C=O) groups is 6. The van der Waals surface area contributed by atoms with E-state index < -0.39 is 190 Å². The summed E-state index contributed by atoms with van der Waals surface area (Å²) in [4.78, 5) is 81.7. The molecule has 5 rings (SSSR count). The molecule has 4 fully saturated rings. The number of carboxylic acids is 2. The van der Waals surface area contributed by atoms with Gasteiger partial charge in [-0.1, -0.05) is 0 Å². The van der Waals surface area contributed by atoms with Crippen LogP contribution in [0.1, 0.15) is 26.0 Å². The Morgan fingerprint density at radius 1 is 0.704 bits per heavy atom. The SMILES string of the molecule is COC1OC(CO)[C@@H](O)[C@H](OC2OC(C(=O)O)[C@@H](OC3OC(CO)[C@@H](O)[C@H](OC4OC(C(=O)NCCC(=O)N[C@@H](Cc5cnc[nH]5)C(=O)[O-])[C@@H](OC)[C@@H](O)[C@@H]4O)[C@@H]3NC(C)=O)[C@H](O)[C@@H]2O)[C@@H]1NC(C)=O.[Na+]. The van der Waals surface area contributed by atoms with Gasteiger partial charge in [-0.3, -0.25) is 19.2 Å². The van der Waals surface area contributed by atoms with Crippen molar-refractivity contribution in [2.75, 3.05) is 34.0 Å². The summed E-state index contributed by atoms with van der Waals surface area (Å²) in [6, 6.07) is -4.66. The van der Waals surface area contributed by atoms with E-state index in [4.69, 9.17) is 42.6 Å². The standard InChI is InChI=1S/C39H60N6O25.Na/c1-12(48)43-19-27(21(51)16(9-46)64-36(19)63-4)66-39-26(56)24(54)30(32(70-39)35(60)61)68-37-20(44-13(2)49)28(22(52)17(10-47)65-37)67-38-25(55)23(53)29(62-3)31(69-38)33(57)41-6-5-18(50)45-15(34(58)59)7-14-8-40-11-42-14;/h8,11,15-17,19-32,36-39,46-47,51-56H,5-7,9-10H2,1-4H3,(H,40,42)(H,41,57)(H,43,48)(H,44,49)(H,45,50)(H,58,59)(H,60,61);/q;+1/p-1/t15-,16?,17?,19-,20-,21+,22+,23-,24+,25-,26-,27+,28+,29-,30-,31?,32?,36?,37?,38?,39?;/m0./s1. The second-order valence-electron chi connectivity index (χ2n) is 16.5. The van der Waals surface area contributed by atoms with Gasteiger partial charge in [-0.25, -0.2) is 9.78 Å². The van der Waals surface area contributed by atoms with Crippen molar-refractivity contribution in [3.63, 3.8) is 0 Å². The second kappa shape index (κ2) is 27.0. The number of aliphatic hydroxyl groups is 8. The number of methoxy groups -OCH3 is 2. The quantitative estimate of drug-likeness (QED) is 0.0508. The van der Waals surface area contributed by atoms with Crippen LogP contribution in [0.15, 0.2) is 12.5 Å². The molecule has 1 aromatic heterocycles. The molecule has 0 aromatic carbocycles. The van der Waals surface area contributed by atoms with Gasteiger partial charge in [-0.05, 0) is 0 Å². The molecule has 31 nitrogen and oxygen atoms in total. The Kier molecular flexibility index (Phi) is 22.8. The molecule has 4 aliphatic heterocycles. The van der Waals surface area contributed by atoms with E-state index in [1.807, 2.05) is 0 Å². The van der Waals surface area contributed by atoms with Crippen molar-refractivity contribution < 1.29 is 152 Å². The molecule has 4 amide bonds. The Hall–Kier alpha value is -3.65. The van der Waals surface area contributed by atoms with Gasteiger partial charge in [0.25, 0.3) is 5.91 Å². The minimum atomic E-state index is -2.31. The number of nitrogens with zero attached hydrogens (tertiary/aromatic N) is 1. The van der Waals surface area contributed by atoms with Crippen molar-refractivity contribution in [3.8, 4) is 0 Å².